The average Bonchev–Trinajstić information content (AvgIpc) is 3.55. The molecule has 2 aliphatic heterocycles. The van der Waals surface area contributed by atoms with Gasteiger partial charge in [0, 0.05) is 10.8 Å². The second-order valence-electron chi connectivity index (χ2n) is 19.7. The van der Waals surface area contributed by atoms with Crippen LogP contribution in [0.15, 0.2) is 36.4 Å². The molecule has 2 heterocycles. The Labute approximate surface area is 354 Å². The monoisotopic (exact) mass is 799 g/mol. The van der Waals surface area contributed by atoms with E-state index in [2.05, 4.69) is 119 Å². The predicted molar refractivity (Wildman–Crippen MR) is 247 cm³/mol. The highest BCUT2D eigenvalue weighted by Crippen LogP contribution is 2.45. The second kappa shape index (κ2) is 20.5. The van der Waals surface area contributed by atoms with Crippen LogP contribution in [0, 0.1) is 11.8 Å². The lowest BCUT2D eigenvalue weighted by Crippen LogP contribution is -2.41. The van der Waals surface area contributed by atoms with E-state index >= 15 is 0 Å². The van der Waals surface area contributed by atoms with Gasteiger partial charge in [-0.05, 0) is 102 Å². The topological polar surface area (TPSA) is 55.4 Å². The summed E-state index contributed by atoms with van der Waals surface area (Å²) < 4.78 is 40.7. The van der Waals surface area contributed by atoms with E-state index in [0.717, 1.165) is 56.8 Å². The molecular formula is C50H80B2O6. The molecule has 3 aromatic rings. The smallest absolute Gasteiger partial charge is 0.489 e. The third-order valence-corrected chi connectivity index (χ3v) is 14.1. The molecule has 2 saturated heterocycles. The number of unbranched alkanes of at least 4 members (excludes halogenated alkanes) is 10. The minimum absolute atomic E-state index is 0.441. The van der Waals surface area contributed by atoms with Crippen LogP contribution in [0.25, 0.3) is 21.5 Å². The van der Waals surface area contributed by atoms with Crippen LogP contribution in [0.2, 0.25) is 0 Å². The van der Waals surface area contributed by atoms with E-state index in [1.807, 2.05) is 0 Å². The molecule has 2 unspecified atom stereocenters. The Morgan fingerprint density at radius 3 is 1.10 bits per heavy atom. The summed E-state index contributed by atoms with van der Waals surface area (Å²) in [7, 11) is -0.961. The van der Waals surface area contributed by atoms with Gasteiger partial charge in [-0.3, -0.25) is 0 Å². The van der Waals surface area contributed by atoms with Gasteiger partial charge in [0.15, 0.2) is 11.5 Å². The largest absolute Gasteiger partial charge is 0.494 e. The third-order valence-electron chi connectivity index (χ3n) is 14.1. The van der Waals surface area contributed by atoms with Crippen LogP contribution < -0.4 is 20.4 Å². The van der Waals surface area contributed by atoms with E-state index in [0.29, 0.717) is 25.0 Å². The molecule has 0 saturated carbocycles. The van der Waals surface area contributed by atoms with Crippen LogP contribution in [-0.4, -0.2) is 49.9 Å². The van der Waals surface area contributed by atoms with Crippen molar-refractivity contribution < 1.29 is 28.1 Å². The summed E-state index contributed by atoms with van der Waals surface area (Å²) in [5, 5.41) is 4.33. The highest BCUT2D eigenvalue weighted by Gasteiger charge is 2.53. The normalized spacial score (nSPS) is 19.3. The molecule has 322 valence electrons. The Hall–Kier alpha value is -2.25. The van der Waals surface area contributed by atoms with Crippen molar-refractivity contribution in [3.05, 3.63) is 36.4 Å². The molecule has 0 aromatic heterocycles. The Morgan fingerprint density at radius 2 is 0.776 bits per heavy atom. The molecule has 2 aliphatic rings. The summed E-state index contributed by atoms with van der Waals surface area (Å²) in [6.45, 7) is 27.4. The van der Waals surface area contributed by atoms with E-state index in [4.69, 9.17) is 28.1 Å². The van der Waals surface area contributed by atoms with Gasteiger partial charge in [0.05, 0.1) is 35.6 Å². The molecule has 0 aliphatic carbocycles. The Kier molecular flexibility index (Phi) is 16.6. The molecule has 6 nitrogen and oxygen atoms in total. The van der Waals surface area contributed by atoms with Gasteiger partial charge in [0.2, 0.25) is 0 Å². The lowest BCUT2D eigenvalue weighted by Gasteiger charge is -2.32. The van der Waals surface area contributed by atoms with Gasteiger partial charge in [0.1, 0.15) is 0 Å². The van der Waals surface area contributed by atoms with Crippen molar-refractivity contribution in [3.8, 4) is 11.5 Å². The highest BCUT2D eigenvalue weighted by atomic mass is 16.7. The van der Waals surface area contributed by atoms with Crippen molar-refractivity contribution in [2.75, 3.05) is 13.2 Å². The van der Waals surface area contributed by atoms with Crippen LogP contribution >= 0.6 is 0 Å². The van der Waals surface area contributed by atoms with Crippen LogP contribution in [0.1, 0.15) is 186 Å². The molecule has 0 radical (unpaired) electrons. The lowest BCUT2D eigenvalue weighted by atomic mass is 9.76. The van der Waals surface area contributed by atoms with Gasteiger partial charge >= 0.3 is 14.2 Å². The highest BCUT2D eigenvalue weighted by molar-refractivity contribution is 6.63. The first-order valence-corrected chi connectivity index (χ1v) is 23.6. The number of rotatable bonds is 24. The van der Waals surface area contributed by atoms with Crippen molar-refractivity contribution in [3.63, 3.8) is 0 Å². The predicted octanol–water partition coefficient (Wildman–Crippen LogP) is 12.9. The van der Waals surface area contributed by atoms with E-state index in [1.54, 1.807) is 0 Å². The maximum absolute atomic E-state index is 7.17. The quantitative estimate of drug-likeness (QED) is 0.0511. The van der Waals surface area contributed by atoms with Crippen molar-refractivity contribution >= 4 is 46.7 Å². The Bertz CT molecular complexity index is 1590. The van der Waals surface area contributed by atoms with Crippen molar-refractivity contribution in [1.29, 1.82) is 0 Å². The molecule has 2 fully saturated rings. The minimum atomic E-state index is -0.481. The Balaban J connectivity index is 1.58. The van der Waals surface area contributed by atoms with E-state index < -0.39 is 36.6 Å². The van der Waals surface area contributed by atoms with Gasteiger partial charge in [0.25, 0.3) is 0 Å². The van der Waals surface area contributed by atoms with E-state index in [1.165, 1.54) is 89.9 Å². The molecule has 2 atom stereocenters. The molecule has 5 rings (SSSR count). The van der Waals surface area contributed by atoms with Crippen LogP contribution in [0.3, 0.4) is 0 Å². The summed E-state index contributed by atoms with van der Waals surface area (Å²) in [6, 6.07) is 13.3. The van der Waals surface area contributed by atoms with Gasteiger partial charge in [-0.15, -0.1) is 0 Å². The zero-order valence-electron chi connectivity index (χ0n) is 39.0. The molecule has 0 spiro atoms. The van der Waals surface area contributed by atoms with Crippen molar-refractivity contribution in [2.24, 2.45) is 11.8 Å². The van der Waals surface area contributed by atoms with E-state index in [-0.39, 0.29) is 0 Å². The SMILES string of the molecule is CCCCCCCCC(CC)COc1c(OCC(CC)CCCCCCCC)c2cc(B3OC(C)(C)C(C)(C)O3)ccc2c2ccc(B3OC(C)(C)C(C)(C)O3)cc12. The summed E-state index contributed by atoms with van der Waals surface area (Å²) in [5.74, 6) is 2.57. The zero-order chi connectivity index (χ0) is 42.1. The summed E-state index contributed by atoms with van der Waals surface area (Å²) >= 11 is 0. The first-order chi connectivity index (χ1) is 27.6. The van der Waals surface area contributed by atoms with E-state index in [9.17, 15) is 0 Å². The molecule has 0 N–H and O–H groups in total. The molecule has 58 heavy (non-hydrogen) atoms. The van der Waals surface area contributed by atoms with Crippen LogP contribution in [0.4, 0.5) is 0 Å². The van der Waals surface area contributed by atoms with Gasteiger partial charge in [-0.1, -0.05) is 154 Å². The fourth-order valence-electron chi connectivity index (χ4n) is 8.39. The molecular weight excluding hydrogens is 718 g/mol. The number of hydrogen-bond acceptors (Lipinski definition) is 6. The summed E-state index contributed by atoms with van der Waals surface area (Å²) in [4.78, 5) is 0. The zero-order valence-corrected chi connectivity index (χ0v) is 39.0. The summed E-state index contributed by atoms with van der Waals surface area (Å²) in [5.41, 5.74) is 0.216. The van der Waals surface area contributed by atoms with Gasteiger partial charge < -0.3 is 28.1 Å². The standard InChI is InChI=1S/C50H80B2O6/c1-13-17-19-21-23-25-27-37(15-3)35-53-45-43-33-39(51-55-47(5,6)48(7,8)56-51)29-31-41(43)42-32-30-40(52-57-49(9,10)50(11,12)58-52)34-44(42)46(45)54-36-38(16-4)28-26-24-22-20-18-14-2/h29-34,37-38H,13-28,35-36H2,1-12H3. The molecule has 3 aromatic carbocycles. The molecule has 0 bridgehead atoms. The minimum Gasteiger partial charge on any atom is -0.489 e. The summed E-state index contributed by atoms with van der Waals surface area (Å²) in [6.07, 6.45) is 20.1. The molecule has 8 heteroatoms. The number of ether oxygens (including phenoxy) is 2. The van der Waals surface area contributed by atoms with Crippen LogP contribution in [-0.2, 0) is 18.6 Å². The number of fused-ring (bicyclic) bond motifs is 3. The number of hydrogen-bond donors (Lipinski definition) is 0. The maximum atomic E-state index is 7.17. The number of benzene rings is 3. The van der Waals surface area contributed by atoms with Gasteiger partial charge in [-0.2, -0.15) is 0 Å². The first kappa shape index (κ1) is 46.8. The first-order valence-electron chi connectivity index (χ1n) is 23.6. The third kappa shape index (κ3) is 11.2. The lowest BCUT2D eigenvalue weighted by molar-refractivity contribution is 0.00578. The fraction of sp³-hybridized carbons (Fsp3) is 0.720. The van der Waals surface area contributed by atoms with Gasteiger partial charge in [-0.25, -0.2) is 0 Å². The van der Waals surface area contributed by atoms with Crippen LogP contribution in [0.5, 0.6) is 11.5 Å². The second-order valence-corrected chi connectivity index (χ2v) is 19.7. The Morgan fingerprint density at radius 1 is 0.448 bits per heavy atom. The maximum Gasteiger partial charge on any atom is 0.494 e. The fourth-order valence-corrected chi connectivity index (χ4v) is 8.39. The molecule has 0 amide bonds. The van der Waals surface area contributed by atoms with Crippen molar-refractivity contribution in [2.45, 2.75) is 208 Å². The van der Waals surface area contributed by atoms with Crippen molar-refractivity contribution in [1.82, 2.24) is 0 Å². The average molecular weight is 799 g/mol.